The van der Waals surface area contributed by atoms with Crippen molar-refractivity contribution in [2.75, 3.05) is 13.2 Å². The van der Waals surface area contributed by atoms with Gasteiger partial charge in [0.2, 0.25) is 0 Å². The zero-order chi connectivity index (χ0) is 12.5. The Balaban J connectivity index is 2.44. The highest BCUT2D eigenvalue weighted by molar-refractivity contribution is 5.25. The summed E-state index contributed by atoms with van der Waals surface area (Å²) < 4.78 is 5.33. The van der Waals surface area contributed by atoms with E-state index >= 15 is 0 Å². The van der Waals surface area contributed by atoms with Gasteiger partial charge in [-0.15, -0.1) is 0 Å². The molecular weight excluding hydrogens is 210 g/mol. The van der Waals surface area contributed by atoms with Gasteiger partial charge in [0.25, 0.3) is 0 Å². The Morgan fingerprint density at radius 3 is 2.82 bits per heavy atom. The molecule has 0 amide bonds. The number of rotatable bonds is 8. The fourth-order valence-electron chi connectivity index (χ4n) is 1.98. The number of ether oxygens (including phenoxy) is 1. The molecule has 17 heavy (non-hydrogen) atoms. The van der Waals surface area contributed by atoms with Gasteiger partial charge in [-0.1, -0.05) is 37.6 Å². The van der Waals surface area contributed by atoms with E-state index in [1.54, 1.807) is 0 Å². The highest BCUT2D eigenvalue weighted by atomic mass is 16.5. The molecule has 2 N–H and O–H groups in total. The monoisotopic (exact) mass is 235 g/mol. The molecule has 0 aliphatic rings. The Morgan fingerprint density at radius 1 is 1.29 bits per heavy atom. The first-order valence-electron chi connectivity index (χ1n) is 6.70. The van der Waals surface area contributed by atoms with Crippen molar-refractivity contribution in [3.63, 3.8) is 0 Å². The summed E-state index contributed by atoms with van der Waals surface area (Å²) >= 11 is 0. The van der Waals surface area contributed by atoms with Crippen molar-refractivity contribution in [3.8, 4) is 0 Å². The molecule has 2 heteroatoms. The first-order valence-corrected chi connectivity index (χ1v) is 6.70. The maximum Gasteiger partial charge on any atom is 0.0466 e. The third-order valence-corrected chi connectivity index (χ3v) is 2.93. The first-order chi connectivity index (χ1) is 8.27. The van der Waals surface area contributed by atoms with Crippen LogP contribution in [0.25, 0.3) is 0 Å². The van der Waals surface area contributed by atoms with E-state index in [-0.39, 0.29) is 6.04 Å². The van der Waals surface area contributed by atoms with E-state index in [1.165, 1.54) is 17.5 Å². The van der Waals surface area contributed by atoms with Crippen LogP contribution in [0.1, 0.15) is 50.3 Å². The molecule has 1 atom stereocenters. The number of benzene rings is 1. The van der Waals surface area contributed by atoms with E-state index < -0.39 is 0 Å². The molecule has 1 rings (SSSR count). The Bertz CT molecular complexity index is 312. The van der Waals surface area contributed by atoms with Gasteiger partial charge in [0.1, 0.15) is 0 Å². The van der Waals surface area contributed by atoms with Crippen LogP contribution in [-0.4, -0.2) is 13.2 Å². The SMILES string of the molecule is CCCc1cccc(C(N)CCCOCC)c1. The van der Waals surface area contributed by atoms with E-state index in [4.69, 9.17) is 10.5 Å². The third-order valence-electron chi connectivity index (χ3n) is 2.93. The van der Waals surface area contributed by atoms with Crippen molar-refractivity contribution in [1.82, 2.24) is 0 Å². The van der Waals surface area contributed by atoms with Crippen LogP contribution in [0, 0.1) is 0 Å². The average Bonchev–Trinajstić information content (AvgIpc) is 2.35. The molecule has 0 saturated heterocycles. The second-order valence-corrected chi connectivity index (χ2v) is 4.44. The van der Waals surface area contributed by atoms with Gasteiger partial charge in [-0.2, -0.15) is 0 Å². The maximum absolute atomic E-state index is 6.19. The molecule has 0 fully saturated rings. The molecule has 1 aromatic rings. The summed E-state index contributed by atoms with van der Waals surface area (Å²) in [5.41, 5.74) is 8.84. The summed E-state index contributed by atoms with van der Waals surface area (Å²) in [6, 6.07) is 8.81. The molecule has 0 heterocycles. The number of hydrogen-bond acceptors (Lipinski definition) is 2. The van der Waals surface area contributed by atoms with Crippen LogP contribution < -0.4 is 5.73 Å². The van der Waals surface area contributed by atoms with Crippen LogP contribution in [-0.2, 0) is 11.2 Å². The van der Waals surface area contributed by atoms with Gasteiger partial charge in [-0.05, 0) is 37.3 Å². The Kier molecular flexibility index (Phi) is 6.90. The molecule has 1 aromatic carbocycles. The summed E-state index contributed by atoms with van der Waals surface area (Å²) in [4.78, 5) is 0. The van der Waals surface area contributed by atoms with Crippen LogP contribution in [0.4, 0.5) is 0 Å². The highest BCUT2D eigenvalue weighted by Crippen LogP contribution is 2.17. The van der Waals surface area contributed by atoms with Crippen molar-refractivity contribution in [1.29, 1.82) is 0 Å². The van der Waals surface area contributed by atoms with Crippen LogP contribution in [0.15, 0.2) is 24.3 Å². The number of nitrogens with two attached hydrogens (primary N) is 1. The van der Waals surface area contributed by atoms with E-state index in [2.05, 4.69) is 31.2 Å². The minimum atomic E-state index is 0.146. The maximum atomic E-state index is 6.19. The van der Waals surface area contributed by atoms with Gasteiger partial charge in [-0.3, -0.25) is 0 Å². The largest absolute Gasteiger partial charge is 0.382 e. The number of hydrogen-bond donors (Lipinski definition) is 1. The smallest absolute Gasteiger partial charge is 0.0466 e. The van der Waals surface area contributed by atoms with Crippen LogP contribution in [0.3, 0.4) is 0 Å². The van der Waals surface area contributed by atoms with E-state index in [1.807, 2.05) is 6.92 Å². The Hall–Kier alpha value is -0.860. The minimum Gasteiger partial charge on any atom is -0.382 e. The molecule has 0 saturated carbocycles. The predicted octanol–water partition coefficient (Wildman–Crippen LogP) is 3.46. The number of aryl methyl sites for hydroxylation is 1. The summed E-state index contributed by atoms with van der Waals surface area (Å²) in [7, 11) is 0. The first kappa shape index (κ1) is 14.2. The summed E-state index contributed by atoms with van der Waals surface area (Å²) in [5.74, 6) is 0. The topological polar surface area (TPSA) is 35.2 Å². The van der Waals surface area contributed by atoms with Gasteiger partial charge in [0.05, 0.1) is 0 Å². The van der Waals surface area contributed by atoms with E-state index in [0.717, 1.165) is 32.5 Å². The zero-order valence-corrected chi connectivity index (χ0v) is 11.1. The normalized spacial score (nSPS) is 12.6. The van der Waals surface area contributed by atoms with Crippen molar-refractivity contribution in [2.45, 2.75) is 45.6 Å². The van der Waals surface area contributed by atoms with Crippen molar-refractivity contribution in [2.24, 2.45) is 5.73 Å². The van der Waals surface area contributed by atoms with Crippen LogP contribution in [0.2, 0.25) is 0 Å². The molecular formula is C15H25NO. The Morgan fingerprint density at radius 2 is 2.12 bits per heavy atom. The molecule has 0 aliphatic carbocycles. The second-order valence-electron chi connectivity index (χ2n) is 4.44. The van der Waals surface area contributed by atoms with Crippen molar-refractivity contribution in [3.05, 3.63) is 35.4 Å². The zero-order valence-electron chi connectivity index (χ0n) is 11.1. The van der Waals surface area contributed by atoms with Gasteiger partial charge in [0, 0.05) is 19.3 Å². The minimum absolute atomic E-state index is 0.146. The Labute approximate surface area is 105 Å². The molecule has 0 radical (unpaired) electrons. The lowest BCUT2D eigenvalue weighted by Crippen LogP contribution is -2.11. The fourth-order valence-corrected chi connectivity index (χ4v) is 1.98. The van der Waals surface area contributed by atoms with Crippen LogP contribution >= 0.6 is 0 Å². The molecule has 2 nitrogen and oxygen atoms in total. The van der Waals surface area contributed by atoms with E-state index in [9.17, 15) is 0 Å². The summed E-state index contributed by atoms with van der Waals surface area (Å²) in [6.07, 6.45) is 4.35. The fraction of sp³-hybridized carbons (Fsp3) is 0.600. The highest BCUT2D eigenvalue weighted by Gasteiger charge is 2.06. The van der Waals surface area contributed by atoms with Crippen molar-refractivity contribution >= 4 is 0 Å². The molecule has 0 spiro atoms. The molecule has 0 aliphatic heterocycles. The lowest BCUT2D eigenvalue weighted by atomic mass is 9.99. The van der Waals surface area contributed by atoms with Gasteiger partial charge >= 0.3 is 0 Å². The quantitative estimate of drug-likeness (QED) is 0.700. The van der Waals surface area contributed by atoms with E-state index in [0.29, 0.717) is 0 Å². The lowest BCUT2D eigenvalue weighted by Gasteiger charge is -2.13. The third kappa shape index (κ3) is 5.33. The van der Waals surface area contributed by atoms with Gasteiger partial charge in [0.15, 0.2) is 0 Å². The molecule has 0 bridgehead atoms. The average molecular weight is 235 g/mol. The van der Waals surface area contributed by atoms with Gasteiger partial charge in [-0.25, -0.2) is 0 Å². The second kappa shape index (κ2) is 8.26. The predicted molar refractivity (Wildman–Crippen MR) is 73.1 cm³/mol. The van der Waals surface area contributed by atoms with Crippen molar-refractivity contribution < 1.29 is 4.74 Å². The van der Waals surface area contributed by atoms with Gasteiger partial charge < -0.3 is 10.5 Å². The standard InChI is InChI=1S/C15H25NO/c1-3-7-13-8-5-9-14(12-13)15(16)10-6-11-17-4-2/h5,8-9,12,15H,3-4,6-7,10-11,16H2,1-2H3. The summed E-state index contributed by atoms with van der Waals surface area (Å²) in [6.45, 7) is 5.84. The molecule has 1 unspecified atom stereocenters. The van der Waals surface area contributed by atoms with Crippen LogP contribution in [0.5, 0.6) is 0 Å². The summed E-state index contributed by atoms with van der Waals surface area (Å²) in [5, 5.41) is 0. The lowest BCUT2D eigenvalue weighted by molar-refractivity contribution is 0.142. The molecule has 96 valence electrons. The molecule has 0 aromatic heterocycles.